The summed E-state index contributed by atoms with van der Waals surface area (Å²) < 4.78 is 5.60. The van der Waals surface area contributed by atoms with Gasteiger partial charge in [-0.3, -0.25) is 4.79 Å². The summed E-state index contributed by atoms with van der Waals surface area (Å²) in [4.78, 5) is 13.8. The number of aliphatic hydroxyl groups is 1. The van der Waals surface area contributed by atoms with Crippen LogP contribution in [0, 0.1) is 0 Å². The third kappa shape index (κ3) is 2.78. The first-order valence-electron chi connectivity index (χ1n) is 7.08. The van der Waals surface area contributed by atoms with Gasteiger partial charge in [0, 0.05) is 6.54 Å². The molecule has 5 heteroatoms. The number of aliphatic hydroxyl groups excluding tert-OH is 1. The molecule has 5 nitrogen and oxygen atoms in total. The number of fused-ring (bicyclic) bond motifs is 1. The lowest BCUT2D eigenvalue weighted by Crippen LogP contribution is -2.44. The predicted octanol–water partition coefficient (Wildman–Crippen LogP) is 1.59. The third-order valence-electron chi connectivity index (χ3n) is 3.57. The maximum atomic E-state index is 12.1. The van der Waals surface area contributed by atoms with Crippen molar-refractivity contribution >= 4 is 11.6 Å². The van der Waals surface area contributed by atoms with Crippen LogP contribution in [0.3, 0.4) is 0 Å². The predicted molar refractivity (Wildman–Crippen MR) is 77.8 cm³/mol. The lowest BCUT2D eigenvalue weighted by atomic mass is 10.0. The Balaban J connectivity index is 2.30. The zero-order valence-electron chi connectivity index (χ0n) is 12.0. The number of amides is 1. The Morgan fingerprint density at radius 1 is 1.50 bits per heavy atom. The van der Waals surface area contributed by atoms with Crippen molar-refractivity contribution in [1.29, 1.82) is 0 Å². The molecule has 0 saturated carbocycles. The summed E-state index contributed by atoms with van der Waals surface area (Å²) in [7, 11) is 0. The van der Waals surface area contributed by atoms with Crippen molar-refractivity contribution in [2.75, 3.05) is 18.0 Å². The Labute approximate surface area is 119 Å². The molecule has 1 aliphatic heterocycles. The second-order valence-corrected chi connectivity index (χ2v) is 5.02. The van der Waals surface area contributed by atoms with Crippen LogP contribution in [0.4, 0.5) is 5.69 Å². The highest BCUT2D eigenvalue weighted by Gasteiger charge is 2.30. The third-order valence-corrected chi connectivity index (χ3v) is 3.57. The van der Waals surface area contributed by atoms with Crippen LogP contribution in [0.5, 0.6) is 5.75 Å². The summed E-state index contributed by atoms with van der Waals surface area (Å²) in [5.74, 6) is 0.641. The molecule has 0 bridgehead atoms. The fourth-order valence-electron chi connectivity index (χ4n) is 2.44. The molecular formula is C15H22N2O3. The normalized spacial score (nSPS) is 19.5. The first-order chi connectivity index (χ1) is 9.58. The maximum Gasteiger partial charge on any atom is 0.267 e. The van der Waals surface area contributed by atoms with Gasteiger partial charge in [-0.15, -0.1) is 0 Å². The summed E-state index contributed by atoms with van der Waals surface area (Å²) in [6.07, 6.45) is 0.363. The molecule has 0 saturated heterocycles. The molecule has 1 heterocycles. The van der Waals surface area contributed by atoms with Crippen molar-refractivity contribution in [3.05, 3.63) is 23.8 Å². The lowest BCUT2D eigenvalue weighted by molar-refractivity contribution is -0.125. The molecule has 1 amide bonds. The van der Waals surface area contributed by atoms with E-state index in [0.717, 1.165) is 17.7 Å². The molecule has 2 rings (SSSR count). The average molecular weight is 278 g/mol. The van der Waals surface area contributed by atoms with Crippen LogP contribution in [0.25, 0.3) is 0 Å². The van der Waals surface area contributed by atoms with Crippen LogP contribution in [-0.2, 0) is 4.79 Å². The van der Waals surface area contributed by atoms with Crippen molar-refractivity contribution in [2.24, 2.45) is 5.73 Å². The Bertz CT molecular complexity index is 490. The van der Waals surface area contributed by atoms with E-state index in [1.807, 2.05) is 25.1 Å². The van der Waals surface area contributed by atoms with Gasteiger partial charge in [-0.25, -0.2) is 0 Å². The van der Waals surface area contributed by atoms with Crippen LogP contribution >= 0.6 is 0 Å². The molecule has 1 aromatic rings. The summed E-state index contributed by atoms with van der Waals surface area (Å²) in [6, 6.07) is 5.50. The van der Waals surface area contributed by atoms with Gasteiger partial charge < -0.3 is 20.5 Å². The monoisotopic (exact) mass is 278 g/mol. The van der Waals surface area contributed by atoms with Gasteiger partial charge in [0.05, 0.1) is 11.8 Å². The van der Waals surface area contributed by atoms with Crippen LogP contribution in [0.1, 0.15) is 38.4 Å². The molecule has 2 atom stereocenters. The van der Waals surface area contributed by atoms with E-state index in [0.29, 0.717) is 25.3 Å². The Morgan fingerprint density at radius 3 is 2.90 bits per heavy atom. The van der Waals surface area contributed by atoms with E-state index in [9.17, 15) is 9.90 Å². The fourth-order valence-corrected chi connectivity index (χ4v) is 2.44. The molecule has 0 spiro atoms. The smallest absolute Gasteiger partial charge is 0.267 e. The minimum atomic E-state index is -0.558. The largest absolute Gasteiger partial charge is 0.479 e. The molecule has 0 aromatic heterocycles. The van der Waals surface area contributed by atoms with E-state index in [-0.39, 0.29) is 5.91 Å². The highest BCUT2D eigenvalue weighted by molar-refractivity contribution is 5.99. The van der Waals surface area contributed by atoms with Gasteiger partial charge in [0.2, 0.25) is 0 Å². The number of benzene rings is 1. The number of rotatable bonds is 5. The number of nitrogens with zero attached hydrogens (tertiary/aromatic N) is 1. The minimum Gasteiger partial charge on any atom is -0.479 e. The zero-order valence-corrected chi connectivity index (χ0v) is 12.0. The summed E-state index contributed by atoms with van der Waals surface area (Å²) in [6.45, 7) is 4.82. The van der Waals surface area contributed by atoms with Crippen molar-refractivity contribution in [3.8, 4) is 5.75 Å². The van der Waals surface area contributed by atoms with E-state index < -0.39 is 12.2 Å². The van der Waals surface area contributed by atoms with Crippen LogP contribution in [0.2, 0.25) is 0 Å². The zero-order chi connectivity index (χ0) is 14.7. The van der Waals surface area contributed by atoms with Crippen LogP contribution < -0.4 is 15.4 Å². The van der Waals surface area contributed by atoms with Gasteiger partial charge >= 0.3 is 0 Å². The number of likely N-dealkylation sites (N-methyl/N-ethyl adjacent to an activating group) is 1. The number of carbonyl (C=O) groups is 1. The number of anilines is 1. The van der Waals surface area contributed by atoms with E-state index in [1.54, 1.807) is 11.8 Å². The second-order valence-electron chi connectivity index (χ2n) is 5.02. The molecule has 0 fully saturated rings. The maximum absolute atomic E-state index is 12.1. The SMILES string of the molecule is CCN1C(=O)C(C)Oc2ccc(C(O)CCCN)cc21. The van der Waals surface area contributed by atoms with E-state index in [2.05, 4.69) is 0 Å². The molecule has 0 aliphatic carbocycles. The Morgan fingerprint density at radius 2 is 2.25 bits per heavy atom. The molecular weight excluding hydrogens is 256 g/mol. The van der Waals surface area contributed by atoms with E-state index >= 15 is 0 Å². The number of carbonyl (C=O) groups excluding carboxylic acids is 1. The summed E-state index contributed by atoms with van der Waals surface area (Å²) in [5.41, 5.74) is 6.99. The molecule has 1 aromatic carbocycles. The van der Waals surface area contributed by atoms with Gasteiger partial charge in [0.1, 0.15) is 5.75 Å². The first-order valence-corrected chi connectivity index (χ1v) is 7.08. The van der Waals surface area contributed by atoms with Gasteiger partial charge in [-0.2, -0.15) is 0 Å². The van der Waals surface area contributed by atoms with Crippen molar-refractivity contribution in [3.63, 3.8) is 0 Å². The lowest BCUT2D eigenvalue weighted by Gasteiger charge is -2.32. The Kier molecular flexibility index (Phi) is 4.62. The van der Waals surface area contributed by atoms with Crippen molar-refractivity contribution in [2.45, 2.75) is 38.9 Å². The Hall–Kier alpha value is -1.59. The molecule has 2 unspecified atom stereocenters. The number of hydrogen-bond acceptors (Lipinski definition) is 4. The van der Waals surface area contributed by atoms with Gasteiger partial charge in [-0.1, -0.05) is 6.07 Å². The molecule has 0 radical (unpaired) electrons. The number of ether oxygens (including phenoxy) is 1. The highest BCUT2D eigenvalue weighted by atomic mass is 16.5. The molecule has 1 aliphatic rings. The first kappa shape index (κ1) is 14.8. The van der Waals surface area contributed by atoms with E-state index in [1.165, 1.54) is 0 Å². The van der Waals surface area contributed by atoms with Gasteiger partial charge in [0.25, 0.3) is 5.91 Å². The van der Waals surface area contributed by atoms with Crippen LogP contribution in [-0.4, -0.2) is 30.2 Å². The molecule has 20 heavy (non-hydrogen) atoms. The summed E-state index contributed by atoms with van der Waals surface area (Å²) in [5, 5.41) is 10.1. The van der Waals surface area contributed by atoms with Gasteiger partial charge in [-0.05, 0) is 50.9 Å². The van der Waals surface area contributed by atoms with Crippen molar-refractivity contribution in [1.82, 2.24) is 0 Å². The quantitative estimate of drug-likeness (QED) is 0.857. The summed E-state index contributed by atoms with van der Waals surface area (Å²) >= 11 is 0. The fraction of sp³-hybridized carbons (Fsp3) is 0.533. The second kappa shape index (κ2) is 6.24. The topological polar surface area (TPSA) is 75.8 Å². The average Bonchev–Trinajstić information content (AvgIpc) is 2.45. The van der Waals surface area contributed by atoms with Crippen molar-refractivity contribution < 1.29 is 14.6 Å². The van der Waals surface area contributed by atoms with Crippen LogP contribution in [0.15, 0.2) is 18.2 Å². The van der Waals surface area contributed by atoms with E-state index in [4.69, 9.17) is 10.5 Å². The standard InChI is InChI=1S/C15H22N2O3/c1-3-17-12-9-11(13(18)5-4-8-16)6-7-14(12)20-10(2)15(17)19/h6-7,9-10,13,18H,3-5,8,16H2,1-2H3. The molecule has 3 N–H and O–H groups in total. The number of nitrogens with two attached hydrogens (primary N) is 1. The molecule has 110 valence electrons. The minimum absolute atomic E-state index is 0.0476. The van der Waals surface area contributed by atoms with Gasteiger partial charge in [0.15, 0.2) is 6.10 Å². The number of hydrogen-bond donors (Lipinski definition) is 2. The highest BCUT2D eigenvalue weighted by Crippen LogP contribution is 2.36.